The molecule has 1 aromatic rings. The van der Waals surface area contributed by atoms with Gasteiger partial charge in [-0.1, -0.05) is 12.1 Å². The molecule has 32 heavy (non-hydrogen) atoms. The van der Waals surface area contributed by atoms with Crippen LogP contribution in [0.15, 0.2) is 24.3 Å². The molecule has 3 heterocycles. The Kier molecular flexibility index (Phi) is 5.33. The molecule has 1 aliphatic carbocycles. The minimum Gasteiger partial charge on any atom is -0.497 e. The summed E-state index contributed by atoms with van der Waals surface area (Å²) < 4.78 is 16.8. The quantitative estimate of drug-likeness (QED) is 0.695. The molecular weight excluding hydrogens is 414 g/mol. The number of nitrogens with zero attached hydrogens (tertiary/aromatic N) is 2. The summed E-state index contributed by atoms with van der Waals surface area (Å²) in [7, 11) is 1.61. The summed E-state index contributed by atoms with van der Waals surface area (Å²) >= 11 is 0. The van der Waals surface area contributed by atoms with Gasteiger partial charge >= 0.3 is 6.03 Å². The molecule has 1 saturated carbocycles. The number of hydrogen-bond donors (Lipinski definition) is 1. The van der Waals surface area contributed by atoms with Crippen molar-refractivity contribution in [2.75, 3.05) is 33.4 Å². The molecule has 3 aliphatic heterocycles. The number of benzene rings is 1. The second-order valence-corrected chi connectivity index (χ2v) is 9.23. The topological polar surface area (TPSA) is 97.4 Å². The number of carbonyl (C=O) groups excluding carboxylic acids is 3. The summed E-state index contributed by atoms with van der Waals surface area (Å²) in [5, 5.41) is 2.94. The number of methoxy groups -OCH3 is 1. The highest BCUT2D eigenvalue weighted by Gasteiger charge is 2.56. The molecule has 172 valence electrons. The zero-order chi connectivity index (χ0) is 22.3. The van der Waals surface area contributed by atoms with Crippen molar-refractivity contribution in [2.45, 2.75) is 50.0 Å². The lowest BCUT2D eigenvalue weighted by atomic mass is 9.78. The van der Waals surface area contributed by atoms with E-state index in [-0.39, 0.29) is 30.3 Å². The monoisotopic (exact) mass is 443 g/mol. The zero-order valence-corrected chi connectivity index (χ0v) is 18.3. The van der Waals surface area contributed by atoms with E-state index in [1.165, 1.54) is 4.90 Å². The maximum absolute atomic E-state index is 13.3. The van der Waals surface area contributed by atoms with Gasteiger partial charge in [0.1, 0.15) is 11.3 Å². The Morgan fingerprint density at radius 1 is 1.12 bits per heavy atom. The van der Waals surface area contributed by atoms with Gasteiger partial charge in [-0.05, 0) is 30.5 Å². The highest BCUT2D eigenvalue weighted by molar-refractivity contribution is 6.07. The first-order chi connectivity index (χ1) is 15.4. The van der Waals surface area contributed by atoms with E-state index in [0.717, 1.165) is 11.3 Å². The largest absolute Gasteiger partial charge is 0.497 e. The van der Waals surface area contributed by atoms with Gasteiger partial charge < -0.3 is 24.4 Å². The lowest BCUT2D eigenvalue weighted by Gasteiger charge is -2.39. The van der Waals surface area contributed by atoms with Crippen molar-refractivity contribution in [3.8, 4) is 5.75 Å². The van der Waals surface area contributed by atoms with Gasteiger partial charge in [0.15, 0.2) is 5.79 Å². The van der Waals surface area contributed by atoms with Crippen molar-refractivity contribution in [1.82, 2.24) is 15.1 Å². The van der Waals surface area contributed by atoms with E-state index < -0.39 is 11.3 Å². The molecular formula is C23H29N3O6. The number of carbonyl (C=O) groups is 3. The number of urea groups is 1. The Labute approximate surface area is 187 Å². The second kappa shape index (κ2) is 8.04. The van der Waals surface area contributed by atoms with Gasteiger partial charge in [0.25, 0.3) is 5.91 Å². The third kappa shape index (κ3) is 3.73. The average molecular weight is 444 g/mol. The van der Waals surface area contributed by atoms with Crippen LogP contribution in [0.1, 0.15) is 37.7 Å². The molecule has 1 N–H and O–H groups in total. The van der Waals surface area contributed by atoms with E-state index in [9.17, 15) is 14.4 Å². The van der Waals surface area contributed by atoms with Crippen LogP contribution in [0.4, 0.5) is 4.79 Å². The molecule has 4 aliphatic rings. The number of amides is 4. The molecule has 0 bridgehead atoms. The van der Waals surface area contributed by atoms with Gasteiger partial charge in [0.05, 0.1) is 20.3 Å². The van der Waals surface area contributed by atoms with E-state index in [0.29, 0.717) is 58.4 Å². The Balaban J connectivity index is 1.20. The first kappa shape index (κ1) is 21.2. The first-order valence-electron chi connectivity index (χ1n) is 11.2. The SMILES string of the molecule is COc1cccc(CN2CC(CN3C(=O)NC4(CCC5(CC4)OCCO5)C3=O)CC2=O)c1. The molecule has 1 unspecified atom stereocenters. The Morgan fingerprint density at radius 3 is 2.59 bits per heavy atom. The molecule has 1 atom stereocenters. The lowest BCUT2D eigenvalue weighted by Crippen LogP contribution is -2.53. The van der Waals surface area contributed by atoms with Crippen LogP contribution in [-0.2, 0) is 25.6 Å². The molecule has 9 heteroatoms. The van der Waals surface area contributed by atoms with Crippen LogP contribution in [0.3, 0.4) is 0 Å². The van der Waals surface area contributed by atoms with Crippen molar-refractivity contribution in [2.24, 2.45) is 5.92 Å². The van der Waals surface area contributed by atoms with E-state index in [4.69, 9.17) is 14.2 Å². The Bertz CT molecular complexity index is 918. The highest BCUT2D eigenvalue weighted by atomic mass is 16.7. The number of rotatable bonds is 5. The molecule has 4 fully saturated rings. The van der Waals surface area contributed by atoms with Crippen molar-refractivity contribution in [3.63, 3.8) is 0 Å². The first-order valence-corrected chi connectivity index (χ1v) is 11.2. The minimum absolute atomic E-state index is 0.0368. The van der Waals surface area contributed by atoms with Gasteiger partial charge in [-0.25, -0.2) is 4.79 Å². The van der Waals surface area contributed by atoms with Gasteiger partial charge in [-0.3, -0.25) is 14.5 Å². The molecule has 1 aromatic carbocycles. The fraction of sp³-hybridized carbons (Fsp3) is 0.609. The van der Waals surface area contributed by atoms with Crippen molar-refractivity contribution in [1.29, 1.82) is 0 Å². The van der Waals surface area contributed by atoms with Gasteiger partial charge in [-0.15, -0.1) is 0 Å². The van der Waals surface area contributed by atoms with Crippen LogP contribution >= 0.6 is 0 Å². The smallest absolute Gasteiger partial charge is 0.325 e. The fourth-order valence-corrected chi connectivity index (χ4v) is 5.40. The maximum Gasteiger partial charge on any atom is 0.325 e. The van der Waals surface area contributed by atoms with Crippen LogP contribution < -0.4 is 10.1 Å². The molecule has 0 aromatic heterocycles. The van der Waals surface area contributed by atoms with Crippen LogP contribution in [0, 0.1) is 5.92 Å². The maximum atomic E-state index is 13.3. The Morgan fingerprint density at radius 2 is 1.88 bits per heavy atom. The third-order valence-electron chi connectivity index (χ3n) is 7.17. The predicted octanol–water partition coefficient (Wildman–Crippen LogP) is 1.65. The molecule has 2 spiro atoms. The number of imide groups is 1. The number of hydrogen-bond acceptors (Lipinski definition) is 6. The lowest BCUT2D eigenvalue weighted by molar-refractivity contribution is -0.186. The van der Waals surface area contributed by atoms with Crippen molar-refractivity contribution >= 4 is 17.8 Å². The summed E-state index contributed by atoms with van der Waals surface area (Å²) in [6.45, 7) is 2.40. The van der Waals surface area contributed by atoms with Crippen molar-refractivity contribution in [3.05, 3.63) is 29.8 Å². The van der Waals surface area contributed by atoms with Gasteiger partial charge in [0, 0.05) is 44.8 Å². The van der Waals surface area contributed by atoms with Crippen LogP contribution in [0.5, 0.6) is 5.75 Å². The highest BCUT2D eigenvalue weighted by Crippen LogP contribution is 2.43. The summed E-state index contributed by atoms with van der Waals surface area (Å²) in [4.78, 5) is 41.6. The summed E-state index contributed by atoms with van der Waals surface area (Å²) in [6, 6.07) is 7.27. The van der Waals surface area contributed by atoms with E-state index in [1.54, 1.807) is 12.0 Å². The molecule has 0 radical (unpaired) electrons. The molecule has 5 rings (SSSR count). The molecule has 4 amide bonds. The summed E-state index contributed by atoms with van der Waals surface area (Å²) in [5.41, 5.74) is 0.111. The van der Waals surface area contributed by atoms with Crippen LogP contribution in [0.2, 0.25) is 0 Å². The average Bonchev–Trinajstić information content (AvgIpc) is 3.45. The van der Waals surface area contributed by atoms with Crippen LogP contribution in [-0.4, -0.2) is 72.4 Å². The minimum atomic E-state index is -0.874. The van der Waals surface area contributed by atoms with E-state index in [1.807, 2.05) is 24.3 Å². The standard InChI is InChI=1S/C23H29N3O6/c1-30-18-4-2-3-16(11-18)13-25-14-17(12-19(25)27)15-26-20(28)22(24-21(26)29)5-7-23(8-6-22)31-9-10-32-23/h2-4,11,17H,5-10,12-15H2,1H3,(H,24,29). The number of nitrogens with one attached hydrogen (secondary N) is 1. The van der Waals surface area contributed by atoms with Crippen LogP contribution in [0.25, 0.3) is 0 Å². The van der Waals surface area contributed by atoms with E-state index >= 15 is 0 Å². The normalized spacial score (nSPS) is 26.4. The van der Waals surface area contributed by atoms with Gasteiger partial charge in [0.2, 0.25) is 5.91 Å². The number of likely N-dealkylation sites (tertiary alicyclic amines) is 1. The fourth-order valence-electron chi connectivity index (χ4n) is 5.40. The predicted molar refractivity (Wildman–Crippen MR) is 113 cm³/mol. The molecule has 9 nitrogen and oxygen atoms in total. The summed E-state index contributed by atoms with van der Waals surface area (Å²) in [6.07, 6.45) is 2.50. The zero-order valence-electron chi connectivity index (χ0n) is 18.3. The molecule has 3 saturated heterocycles. The Hall–Kier alpha value is -2.65. The van der Waals surface area contributed by atoms with Crippen molar-refractivity contribution < 1.29 is 28.6 Å². The summed E-state index contributed by atoms with van der Waals surface area (Å²) in [5.74, 6) is -0.0709. The van der Waals surface area contributed by atoms with Gasteiger partial charge in [-0.2, -0.15) is 0 Å². The second-order valence-electron chi connectivity index (χ2n) is 9.23. The third-order valence-corrected chi connectivity index (χ3v) is 7.17. The van der Waals surface area contributed by atoms with E-state index in [2.05, 4.69) is 5.32 Å². The number of ether oxygens (including phenoxy) is 3.